The van der Waals surface area contributed by atoms with Crippen LogP contribution in [0.2, 0.25) is 0 Å². The summed E-state index contributed by atoms with van der Waals surface area (Å²) in [5.74, 6) is 2.01. The minimum absolute atomic E-state index is 0.587. The number of thiazole rings is 1. The Bertz CT molecular complexity index is 1000. The molecule has 0 N–H and O–H groups in total. The second kappa shape index (κ2) is 7.09. The summed E-state index contributed by atoms with van der Waals surface area (Å²) < 4.78 is 10.6. The average Bonchev–Trinajstić information content (AvgIpc) is 3.32. The minimum Gasteiger partial charge on any atom is -0.497 e. The predicted molar refractivity (Wildman–Crippen MR) is 101 cm³/mol. The summed E-state index contributed by atoms with van der Waals surface area (Å²) in [5.41, 5.74) is 4.09. The molecule has 130 valence electrons. The third-order valence-corrected chi connectivity index (χ3v) is 4.81. The maximum absolute atomic E-state index is 5.39. The maximum Gasteiger partial charge on any atom is 0.231 e. The van der Waals surface area contributed by atoms with Crippen molar-refractivity contribution in [1.82, 2.24) is 15.1 Å². The van der Waals surface area contributed by atoms with Gasteiger partial charge in [0.2, 0.25) is 11.7 Å². The number of aromatic nitrogens is 3. The fourth-order valence-corrected chi connectivity index (χ4v) is 3.27. The van der Waals surface area contributed by atoms with Crippen LogP contribution in [0.3, 0.4) is 0 Å². The number of methoxy groups -OCH3 is 1. The zero-order valence-corrected chi connectivity index (χ0v) is 15.3. The molecule has 0 aliphatic heterocycles. The molecule has 6 heteroatoms. The van der Waals surface area contributed by atoms with E-state index in [0.29, 0.717) is 18.1 Å². The fourth-order valence-electron chi connectivity index (χ4n) is 2.65. The van der Waals surface area contributed by atoms with E-state index in [0.717, 1.165) is 33.1 Å². The zero-order chi connectivity index (χ0) is 17.9. The molecule has 4 rings (SSSR count). The number of aryl methyl sites for hydroxylation is 1. The van der Waals surface area contributed by atoms with Gasteiger partial charge in [-0.3, -0.25) is 0 Å². The highest BCUT2D eigenvalue weighted by Gasteiger charge is 2.10. The van der Waals surface area contributed by atoms with Gasteiger partial charge in [-0.2, -0.15) is 4.98 Å². The molecule has 0 aliphatic rings. The van der Waals surface area contributed by atoms with Crippen LogP contribution >= 0.6 is 11.3 Å². The average molecular weight is 363 g/mol. The molecule has 0 unspecified atom stereocenters. The molecule has 0 aliphatic carbocycles. The summed E-state index contributed by atoms with van der Waals surface area (Å²) in [7, 11) is 1.65. The Morgan fingerprint density at radius 1 is 0.962 bits per heavy atom. The van der Waals surface area contributed by atoms with E-state index >= 15 is 0 Å². The molecule has 2 heterocycles. The van der Waals surface area contributed by atoms with Crippen LogP contribution in [0.25, 0.3) is 22.6 Å². The van der Waals surface area contributed by atoms with E-state index in [1.165, 1.54) is 0 Å². The van der Waals surface area contributed by atoms with Crippen LogP contribution in [-0.2, 0) is 6.42 Å². The Labute approximate surface area is 155 Å². The van der Waals surface area contributed by atoms with Crippen molar-refractivity contribution >= 4 is 11.3 Å². The molecule has 5 nitrogen and oxygen atoms in total. The van der Waals surface area contributed by atoms with Gasteiger partial charge in [0.25, 0.3) is 0 Å². The van der Waals surface area contributed by atoms with Gasteiger partial charge < -0.3 is 9.26 Å². The third kappa shape index (κ3) is 3.50. The van der Waals surface area contributed by atoms with Crippen LogP contribution in [0.15, 0.2) is 58.4 Å². The Balaban J connectivity index is 1.50. The Kier molecular flexibility index (Phi) is 4.50. The number of hydrogen-bond acceptors (Lipinski definition) is 6. The van der Waals surface area contributed by atoms with Crippen LogP contribution in [0, 0.1) is 6.92 Å². The molecule has 0 fully saturated rings. The van der Waals surface area contributed by atoms with E-state index in [1.54, 1.807) is 18.4 Å². The second-order valence-electron chi connectivity index (χ2n) is 5.87. The van der Waals surface area contributed by atoms with E-state index in [1.807, 2.05) is 55.5 Å². The van der Waals surface area contributed by atoms with Crippen molar-refractivity contribution in [2.75, 3.05) is 7.11 Å². The van der Waals surface area contributed by atoms with E-state index in [4.69, 9.17) is 9.26 Å². The highest BCUT2D eigenvalue weighted by molar-refractivity contribution is 7.09. The molecule has 26 heavy (non-hydrogen) atoms. The van der Waals surface area contributed by atoms with Crippen molar-refractivity contribution in [2.24, 2.45) is 0 Å². The van der Waals surface area contributed by atoms with Crippen molar-refractivity contribution in [2.45, 2.75) is 13.3 Å². The molecular formula is C20H17N3O2S. The van der Waals surface area contributed by atoms with E-state index in [-0.39, 0.29) is 0 Å². The van der Waals surface area contributed by atoms with Crippen LogP contribution in [0.1, 0.15) is 16.5 Å². The number of ether oxygens (including phenoxy) is 1. The lowest BCUT2D eigenvalue weighted by molar-refractivity contribution is 0.385. The van der Waals surface area contributed by atoms with Crippen molar-refractivity contribution < 1.29 is 9.26 Å². The van der Waals surface area contributed by atoms with Crippen molar-refractivity contribution in [3.05, 3.63) is 70.4 Å². The van der Waals surface area contributed by atoms with Gasteiger partial charge in [0, 0.05) is 16.5 Å². The largest absolute Gasteiger partial charge is 0.497 e. The standard InChI is InChI=1S/C20H17N3O2S/c1-13-21-18(12-26-13)15-5-7-16(8-6-15)20-22-19(25-23-20)11-14-3-9-17(24-2)10-4-14/h3-10,12H,11H2,1-2H3. The van der Waals surface area contributed by atoms with Crippen molar-refractivity contribution in [3.63, 3.8) is 0 Å². The lowest BCUT2D eigenvalue weighted by Crippen LogP contribution is -1.89. The maximum atomic E-state index is 5.39. The van der Waals surface area contributed by atoms with Gasteiger partial charge in [-0.15, -0.1) is 11.3 Å². The van der Waals surface area contributed by atoms with Gasteiger partial charge in [0.1, 0.15) is 5.75 Å². The smallest absolute Gasteiger partial charge is 0.231 e. The van der Waals surface area contributed by atoms with Crippen molar-refractivity contribution in [1.29, 1.82) is 0 Å². The first-order chi connectivity index (χ1) is 12.7. The third-order valence-electron chi connectivity index (χ3n) is 4.04. The summed E-state index contributed by atoms with van der Waals surface area (Å²) in [6.07, 6.45) is 0.590. The molecule has 4 aromatic rings. The molecular weight excluding hydrogens is 346 g/mol. The fraction of sp³-hybridized carbons (Fsp3) is 0.150. The summed E-state index contributed by atoms with van der Waals surface area (Å²) in [6.45, 7) is 2.01. The summed E-state index contributed by atoms with van der Waals surface area (Å²) in [5, 5.41) is 7.22. The molecule has 0 spiro atoms. The summed E-state index contributed by atoms with van der Waals surface area (Å²) >= 11 is 1.65. The number of hydrogen-bond donors (Lipinski definition) is 0. The summed E-state index contributed by atoms with van der Waals surface area (Å²) in [6, 6.07) is 15.9. The lowest BCUT2D eigenvalue weighted by atomic mass is 10.1. The zero-order valence-electron chi connectivity index (χ0n) is 14.5. The summed E-state index contributed by atoms with van der Waals surface area (Å²) in [4.78, 5) is 9.01. The van der Waals surface area contributed by atoms with Gasteiger partial charge in [0.05, 0.1) is 24.2 Å². The minimum atomic E-state index is 0.587. The van der Waals surface area contributed by atoms with Crippen LogP contribution in [0.5, 0.6) is 5.75 Å². The van der Waals surface area contributed by atoms with Gasteiger partial charge in [0.15, 0.2) is 0 Å². The van der Waals surface area contributed by atoms with E-state index in [2.05, 4.69) is 20.5 Å². The topological polar surface area (TPSA) is 61.0 Å². The van der Waals surface area contributed by atoms with E-state index < -0.39 is 0 Å². The van der Waals surface area contributed by atoms with Crippen LogP contribution in [0.4, 0.5) is 0 Å². The first kappa shape index (κ1) is 16.5. The number of benzene rings is 2. The molecule has 0 atom stereocenters. The number of nitrogens with zero attached hydrogens (tertiary/aromatic N) is 3. The normalized spacial score (nSPS) is 10.8. The monoisotopic (exact) mass is 363 g/mol. The second-order valence-corrected chi connectivity index (χ2v) is 6.93. The molecule has 0 saturated heterocycles. The van der Waals surface area contributed by atoms with Gasteiger partial charge in [-0.05, 0) is 24.6 Å². The predicted octanol–water partition coefficient (Wildman–Crippen LogP) is 4.77. The van der Waals surface area contributed by atoms with Crippen LogP contribution < -0.4 is 4.74 Å². The molecule has 0 saturated carbocycles. The van der Waals surface area contributed by atoms with Gasteiger partial charge in [-0.25, -0.2) is 4.98 Å². The Morgan fingerprint density at radius 2 is 1.69 bits per heavy atom. The van der Waals surface area contributed by atoms with Crippen molar-refractivity contribution in [3.8, 4) is 28.4 Å². The molecule has 2 aromatic carbocycles. The molecule has 2 aromatic heterocycles. The first-order valence-electron chi connectivity index (χ1n) is 8.20. The quantitative estimate of drug-likeness (QED) is 0.511. The highest BCUT2D eigenvalue weighted by atomic mass is 32.1. The van der Waals surface area contributed by atoms with E-state index in [9.17, 15) is 0 Å². The van der Waals surface area contributed by atoms with Gasteiger partial charge >= 0.3 is 0 Å². The lowest BCUT2D eigenvalue weighted by Gasteiger charge is -2.00. The Hall–Kier alpha value is -2.99. The number of rotatable bonds is 5. The Morgan fingerprint density at radius 3 is 2.35 bits per heavy atom. The van der Waals surface area contributed by atoms with Crippen LogP contribution in [-0.4, -0.2) is 22.2 Å². The molecule has 0 bridgehead atoms. The SMILES string of the molecule is COc1ccc(Cc2nc(-c3ccc(-c4csc(C)n4)cc3)no2)cc1. The van der Waals surface area contributed by atoms with Gasteiger partial charge in [-0.1, -0.05) is 41.6 Å². The molecule has 0 amide bonds. The highest BCUT2D eigenvalue weighted by Crippen LogP contribution is 2.25. The first-order valence-corrected chi connectivity index (χ1v) is 9.08. The molecule has 0 radical (unpaired) electrons.